The number of nitrogens with zero attached hydrogens (tertiary/aromatic N) is 3. The van der Waals surface area contributed by atoms with Crippen molar-refractivity contribution in [2.24, 2.45) is 0 Å². The minimum absolute atomic E-state index is 0.105. The molecule has 3 rings (SSSR count). The van der Waals surface area contributed by atoms with Gasteiger partial charge in [0.15, 0.2) is 0 Å². The van der Waals surface area contributed by atoms with Crippen molar-refractivity contribution in [3.05, 3.63) is 92.6 Å². The number of pyridine rings is 1. The lowest BCUT2D eigenvalue weighted by Crippen LogP contribution is -2.31. The number of thioether (sulfide) groups is 1. The summed E-state index contributed by atoms with van der Waals surface area (Å²) in [6.07, 6.45) is 3.49. The highest BCUT2D eigenvalue weighted by atomic mass is 32.2. The number of aromatic nitrogens is 1. The van der Waals surface area contributed by atoms with Crippen molar-refractivity contribution in [2.75, 3.05) is 12.4 Å². The number of carbonyl (C=O) groups is 1. The number of nitrogens with one attached hydrogen (secondary N) is 1. The summed E-state index contributed by atoms with van der Waals surface area (Å²) in [7, 11) is 0. The lowest BCUT2D eigenvalue weighted by Gasteiger charge is -2.29. The fraction of sp³-hybridized carbons (Fsp3) is 0.261. The first kappa shape index (κ1) is 23.0. The smallest absolute Gasteiger partial charge is 0.336 e. The summed E-state index contributed by atoms with van der Waals surface area (Å²) in [5.41, 5.74) is 3.30. The van der Waals surface area contributed by atoms with Crippen LogP contribution in [0.2, 0.25) is 0 Å². The standard InChI is InChI=1S/C23H22N4O4S/c1-3-31-23(28)22-20(14-32-13-16-6-5-9-25-12-16)26-15(2)19(11-24)21(22)17-7-4-8-18(10-17)27(29)30/h4-10,12,21,26H,3,13-14H2,1-2H3. The zero-order chi connectivity index (χ0) is 23.1. The quantitative estimate of drug-likeness (QED) is 0.361. The Kier molecular flexibility index (Phi) is 7.63. The number of esters is 1. The van der Waals surface area contributed by atoms with Crippen molar-refractivity contribution >= 4 is 23.4 Å². The molecule has 0 amide bonds. The average molecular weight is 451 g/mol. The summed E-state index contributed by atoms with van der Waals surface area (Å²) < 4.78 is 5.31. The Bertz CT molecular complexity index is 1120. The molecule has 32 heavy (non-hydrogen) atoms. The van der Waals surface area contributed by atoms with E-state index in [1.165, 1.54) is 12.1 Å². The first-order chi connectivity index (χ1) is 15.5. The Hall–Kier alpha value is -3.64. The molecule has 2 aromatic rings. The molecule has 2 heterocycles. The number of rotatable bonds is 8. The predicted octanol–water partition coefficient (Wildman–Crippen LogP) is 4.22. The van der Waals surface area contributed by atoms with E-state index in [0.717, 1.165) is 5.56 Å². The fourth-order valence-corrected chi connectivity index (χ4v) is 4.45. The molecule has 1 unspecified atom stereocenters. The van der Waals surface area contributed by atoms with Gasteiger partial charge in [0.2, 0.25) is 0 Å². The van der Waals surface area contributed by atoms with Crippen LogP contribution in [0.25, 0.3) is 0 Å². The number of ether oxygens (including phenoxy) is 1. The fourth-order valence-electron chi connectivity index (χ4n) is 3.51. The van der Waals surface area contributed by atoms with E-state index in [4.69, 9.17) is 4.74 Å². The van der Waals surface area contributed by atoms with Gasteiger partial charge in [-0.15, -0.1) is 0 Å². The van der Waals surface area contributed by atoms with Gasteiger partial charge in [-0.1, -0.05) is 18.2 Å². The van der Waals surface area contributed by atoms with Crippen molar-refractivity contribution in [1.82, 2.24) is 10.3 Å². The summed E-state index contributed by atoms with van der Waals surface area (Å²) in [6, 6.07) is 12.0. The molecule has 0 saturated heterocycles. The Balaban J connectivity index is 2.03. The summed E-state index contributed by atoms with van der Waals surface area (Å²) in [5.74, 6) is -0.155. The topological polar surface area (TPSA) is 118 Å². The Labute approximate surface area is 190 Å². The summed E-state index contributed by atoms with van der Waals surface area (Å²) in [6.45, 7) is 3.64. The molecule has 0 radical (unpaired) electrons. The molecule has 0 bridgehead atoms. The summed E-state index contributed by atoms with van der Waals surface area (Å²) in [4.78, 5) is 27.9. The third kappa shape index (κ3) is 5.15. The van der Waals surface area contributed by atoms with Crippen LogP contribution in [0.1, 0.15) is 30.9 Å². The number of allylic oxidation sites excluding steroid dienone is 2. The van der Waals surface area contributed by atoms with Gasteiger partial charge >= 0.3 is 5.97 Å². The van der Waals surface area contributed by atoms with E-state index in [2.05, 4.69) is 16.4 Å². The van der Waals surface area contributed by atoms with Gasteiger partial charge < -0.3 is 10.1 Å². The molecule has 1 N–H and O–H groups in total. The van der Waals surface area contributed by atoms with Gasteiger partial charge in [-0.3, -0.25) is 15.1 Å². The van der Waals surface area contributed by atoms with Crippen LogP contribution in [0.4, 0.5) is 5.69 Å². The van der Waals surface area contributed by atoms with Crippen molar-refractivity contribution in [2.45, 2.75) is 25.5 Å². The minimum Gasteiger partial charge on any atom is -0.463 e. The SMILES string of the molecule is CCOC(=O)C1=C(CSCc2cccnc2)NC(C)=C(C#N)C1c1cccc([N+](=O)[O-])c1. The summed E-state index contributed by atoms with van der Waals surface area (Å²) >= 11 is 1.59. The van der Waals surface area contributed by atoms with E-state index in [9.17, 15) is 20.2 Å². The van der Waals surface area contributed by atoms with Gasteiger partial charge in [0.05, 0.1) is 34.7 Å². The maximum Gasteiger partial charge on any atom is 0.336 e. The Morgan fingerprint density at radius 1 is 1.34 bits per heavy atom. The van der Waals surface area contributed by atoms with E-state index in [1.807, 2.05) is 12.1 Å². The molecule has 1 aliphatic heterocycles. The van der Waals surface area contributed by atoms with Gasteiger partial charge in [-0.2, -0.15) is 17.0 Å². The number of carbonyl (C=O) groups excluding carboxylic acids is 1. The number of benzene rings is 1. The lowest BCUT2D eigenvalue weighted by atomic mass is 9.81. The molecule has 0 saturated carbocycles. The largest absolute Gasteiger partial charge is 0.463 e. The molecule has 1 atom stereocenters. The molecule has 0 spiro atoms. The molecule has 1 aliphatic rings. The number of nitro benzene ring substituents is 1. The first-order valence-electron chi connectivity index (χ1n) is 9.95. The first-order valence-corrected chi connectivity index (χ1v) is 11.1. The van der Waals surface area contributed by atoms with E-state index < -0.39 is 16.8 Å². The van der Waals surface area contributed by atoms with E-state index in [0.29, 0.717) is 39.6 Å². The molecule has 1 aromatic carbocycles. The van der Waals surface area contributed by atoms with Crippen LogP contribution in [-0.4, -0.2) is 28.2 Å². The minimum atomic E-state index is -0.755. The van der Waals surface area contributed by atoms with E-state index in [1.54, 1.807) is 50.1 Å². The van der Waals surface area contributed by atoms with Crippen LogP contribution in [0.15, 0.2) is 71.3 Å². The lowest BCUT2D eigenvalue weighted by molar-refractivity contribution is -0.384. The highest BCUT2D eigenvalue weighted by Gasteiger charge is 2.36. The van der Waals surface area contributed by atoms with Crippen LogP contribution < -0.4 is 5.32 Å². The van der Waals surface area contributed by atoms with Crippen molar-refractivity contribution in [1.29, 1.82) is 5.26 Å². The third-order valence-corrected chi connectivity index (χ3v) is 5.94. The third-order valence-electron chi connectivity index (χ3n) is 4.91. The number of nitriles is 1. The Morgan fingerprint density at radius 3 is 2.81 bits per heavy atom. The van der Waals surface area contributed by atoms with Crippen LogP contribution in [0.5, 0.6) is 0 Å². The number of hydrogen-bond donors (Lipinski definition) is 1. The highest BCUT2D eigenvalue weighted by molar-refractivity contribution is 7.98. The maximum absolute atomic E-state index is 13.0. The van der Waals surface area contributed by atoms with E-state index in [-0.39, 0.29) is 12.3 Å². The molecule has 164 valence electrons. The maximum atomic E-state index is 13.0. The van der Waals surface area contributed by atoms with Crippen LogP contribution in [0, 0.1) is 21.4 Å². The zero-order valence-corrected chi connectivity index (χ0v) is 18.5. The normalized spacial score (nSPS) is 15.7. The second-order valence-corrected chi connectivity index (χ2v) is 8.01. The number of hydrogen-bond acceptors (Lipinski definition) is 8. The predicted molar refractivity (Wildman–Crippen MR) is 121 cm³/mol. The van der Waals surface area contributed by atoms with Gasteiger partial charge in [0, 0.05) is 47.4 Å². The molecule has 8 nitrogen and oxygen atoms in total. The van der Waals surface area contributed by atoms with E-state index >= 15 is 0 Å². The summed E-state index contributed by atoms with van der Waals surface area (Å²) in [5, 5.41) is 24.4. The van der Waals surface area contributed by atoms with Gasteiger partial charge in [-0.25, -0.2) is 4.79 Å². The van der Waals surface area contributed by atoms with Gasteiger partial charge in [0.25, 0.3) is 5.69 Å². The number of nitro groups is 1. The highest BCUT2D eigenvalue weighted by Crippen LogP contribution is 2.40. The molecule has 0 fully saturated rings. The molecule has 9 heteroatoms. The van der Waals surface area contributed by atoms with Crippen molar-refractivity contribution < 1.29 is 14.5 Å². The van der Waals surface area contributed by atoms with Crippen LogP contribution in [0.3, 0.4) is 0 Å². The van der Waals surface area contributed by atoms with Crippen LogP contribution in [-0.2, 0) is 15.3 Å². The molecular formula is C23H22N4O4S. The van der Waals surface area contributed by atoms with Crippen molar-refractivity contribution in [3.63, 3.8) is 0 Å². The molecule has 0 aliphatic carbocycles. The zero-order valence-electron chi connectivity index (χ0n) is 17.7. The monoisotopic (exact) mass is 450 g/mol. The van der Waals surface area contributed by atoms with Crippen molar-refractivity contribution in [3.8, 4) is 6.07 Å². The number of non-ortho nitro benzene ring substituents is 1. The van der Waals surface area contributed by atoms with Crippen LogP contribution >= 0.6 is 11.8 Å². The van der Waals surface area contributed by atoms with Gasteiger partial charge in [-0.05, 0) is 31.0 Å². The second-order valence-electron chi connectivity index (χ2n) is 7.03. The molecular weight excluding hydrogens is 428 g/mol. The molecule has 1 aromatic heterocycles. The Morgan fingerprint density at radius 2 is 2.16 bits per heavy atom. The van der Waals surface area contributed by atoms with Gasteiger partial charge in [0.1, 0.15) is 0 Å². The average Bonchev–Trinajstić information content (AvgIpc) is 2.79. The second kappa shape index (κ2) is 10.6. The number of dihydropyridines is 1.